The van der Waals surface area contributed by atoms with E-state index in [0.29, 0.717) is 0 Å². The van der Waals surface area contributed by atoms with Gasteiger partial charge in [-0.2, -0.15) is 0 Å². The third-order valence-electron chi connectivity index (χ3n) is 6.05. The highest BCUT2D eigenvalue weighted by atomic mass is 14.2. The molecule has 0 nitrogen and oxygen atoms in total. The number of hydrogen-bond donors (Lipinski definition) is 0. The molecule has 25 heavy (non-hydrogen) atoms. The van der Waals surface area contributed by atoms with Crippen LogP contribution in [0.3, 0.4) is 0 Å². The Balaban J connectivity index is 1.64. The van der Waals surface area contributed by atoms with Crippen LogP contribution in [0, 0.1) is 11.8 Å². The van der Waals surface area contributed by atoms with Gasteiger partial charge < -0.3 is 0 Å². The molecule has 1 saturated carbocycles. The van der Waals surface area contributed by atoms with Gasteiger partial charge >= 0.3 is 0 Å². The molecular formula is C25H34. The molecule has 0 heteroatoms. The Labute approximate surface area is 154 Å². The second-order valence-electron chi connectivity index (χ2n) is 8.37. The molecule has 1 aliphatic rings. The Morgan fingerprint density at radius 2 is 1.40 bits per heavy atom. The first-order valence-electron chi connectivity index (χ1n) is 10.3. The highest BCUT2D eigenvalue weighted by molar-refractivity contribution is 5.64. The lowest BCUT2D eigenvalue weighted by molar-refractivity contribution is 0.348. The molecule has 1 atom stereocenters. The van der Waals surface area contributed by atoms with Crippen LogP contribution in [-0.2, 0) is 6.42 Å². The molecule has 1 fully saturated rings. The summed E-state index contributed by atoms with van der Waals surface area (Å²) in [5.41, 5.74) is 5.70. The van der Waals surface area contributed by atoms with Gasteiger partial charge in [0.05, 0.1) is 0 Å². The Kier molecular flexibility index (Phi) is 6.34. The molecule has 0 saturated heterocycles. The number of rotatable bonds is 6. The van der Waals surface area contributed by atoms with Gasteiger partial charge in [0.25, 0.3) is 0 Å². The van der Waals surface area contributed by atoms with E-state index in [9.17, 15) is 0 Å². The molecule has 0 radical (unpaired) electrons. The predicted octanol–water partition coefficient (Wildman–Crippen LogP) is 7.63. The van der Waals surface area contributed by atoms with E-state index in [4.69, 9.17) is 0 Å². The first kappa shape index (κ1) is 18.2. The van der Waals surface area contributed by atoms with Gasteiger partial charge in [-0.1, -0.05) is 95.0 Å². The van der Waals surface area contributed by atoms with Crippen LogP contribution < -0.4 is 0 Å². The summed E-state index contributed by atoms with van der Waals surface area (Å²) in [7, 11) is 0. The van der Waals surface area contributed by atoms with Gasteiger partial charge in [0.15, 0.2) is 0 Å². The van der Waals surface area contributed by atoms with Gasteiger partial charge in [0.2, 0.25) is 0 Å². The molecule has 3 rings (SSSR count). The third kappa shape index (κ3) is 4.97. The van der Waals surface area contributed by atoms with E-state index in [1.165, 1.54) is 61.6 Å². The van der Waals surface area contributed by atoms with Crippen molar-refractivity contribution < 1.29 is 0 Å². The Morgan fingerprint density at radius 3 is 1.96 bits per heavy atom. The fraction of sp³-hybridized carbons (Fsp3) is 0.520. The van der Waals surface area contributed by atoms with Crippen molar-refractivity contribution in [2.24, 2.45) is 11.8 Å². The average molecular weight is 335 g/mol. The van der Waals surface area contributed by atoms with Crippen molar-refractivity contribution in [2.75, 3.05) is 0 Å². The van der Waals surface area contributed by atoms with E-state index >= 15 is 0 Å². The van der Waals surface area contributed by atoms with Crippen molar-refractivity contribution in [3.63, 3.8) is 0 Å². The smallest absolute Gasteiger partial charge is 0.0162 e. The van der Waals surface area contributed by atoms with Crippen LogP contribution in [-0.4, -0.2) is 0 Å². The topological polar surface area (TPSA) is 0 Å². The van der Waals surface area contributed by atoms with Crippen molar-refractivity contribution in [1.29, 1.82) is 0 Å². The summed E-state index contributed by atoms with van der Waals surface area (Å²) in [4.78, 5) is 0. The molecule has 0 aliphatic heterocycles. The average Bonchev–Trinajstić information content (AvgIpc) is 2.63. The van der Waals surface area contributed by atoms with E-state index in [2.05, 4.69) is 69.3 Å². The largest absolute Gasteiger partial charge is 0.0654 e. The Bertz CT molecular complexity index is 627. The van der Waals surface area contributed by atoms with Crippen LogP contribution in [0.15, 0.2) is 48.5 Å². The Hall–Kier alpha value is -1.56. The minimum Gasteiger partial charge on any atom is -0.0654 e. The van der Waals surface area contributed by atoms with E-state index in [1.807, 2.05) is 0 Å². The zero-order chi connectivity index (χ0) is 17.6. The monoisotopic (exact) mass is 334 g/mol. The number of benzene rings is 2. The van der Waals surface area contributed by atoms with E-state index in [1.54, 1.807) is 5.56 Å². The Morgan fingerprint density at radius 1 is 0.840 bits per heavy atom. The summed E-state index contributed by atoms with van der Waals surface area (Å²) in [6.45, 7) is 7.03. The molecule has 1 aliphatic carbocycles. The van der Waals surface area contributed by atoms with Crippen LogP contribution in [0.4, 0.5) is 0 Å². The van der Waals surface area contributed by atoms with Crippen LogP contribution >= 0.6 is 0 Å². The fourth-order valence-electron chi connectivity index (χ4n) is 4.37. The van der Waals surface area contributed by atoms with Gasteiger partial charge in [0, 0.05) is 0 Å². The summed E-state index contributed by atoms with van der Waals surface area (Å²) in [5.74, 6) is 2.50. The van der Waals surface area contributed by atoms with E-state index in [0.717, 1.165) is 17.8 Å². The fourth-order valence-corrected chi connectivity index (χ4v) is 4.37. The van der Waals surface area contributed by atoms with Gasteiger partial charge in [-0.15, -0.1) is 0 Å². The molecule has 2 aromatic rings. The van der Waals surface area contributed by atoms with Crippen molar-refractivity contribution in [2.45, 2.75) is 71.6 Å². The summed E-state index contributed by atoms with van der Waals surface area (Å²) in [6, 6.07) is 18.6. The lowest BCUT2D eigenvalue weighted by Crippen LogP contribution is -2.10. The van der Waals surface area contributed by atoms with E-state index < -0.39 is 0 Å². The maximum absolute atomic E-state index is 2.39. The molecule has 2 aromatic carbocycles. The summed E-state index contributed by atoms with van der Waals surface area (Å²) in [5, 5.41) is 0. The molecule has 0 heterocycles. The second-order valence-corrected chi connectivity index (χ2v) is 8.37. The predicted molar refractivity (Wildman–Crippen MR) is 110 cm³/mol. The molecule has 0 amide bonds. The maximum atomic E-state index is 2.39. The van der Waals surface area contributed by atoms with Gasteiger partial charge in [-0.25, -0.2) is 0 Å². The molecule has 0 bridgehead atoms. The molecule has 0 N–H and O–H groups in total. The zero-order valence-electron chi connectivity index (χ0n) is 16.3. The summed E-state index contributed by atoms with van der Waals surface area (Å²) < 4.78 is 0. The highest BCUT2D eigenvalue weighted by Crippen LogP contribution is 2.36. The van der Waals surface area contributed by atoms with Crippen molar-refractivity contribution in [1.82, 2.24) is 0 Å². The SMILES string of the molecule is CCCC(C)Cc1ccc(-c2ccc(C3CCC(C)CC3)cc2)cc1. The van der Waals surface area contributed by atoms with Crippen LogP contribution in [0.25, 0.3) is 11.1 Å². The molecule has 0 aromatic heterocycles. The lowest BCUT2D eigenvalue weighted by atomic mass is 9.79. The molecule has 0 spiro atoms. The number of hydrogen-bond acceptors (Lipinski definition) is 0. The minimum absolute atomic E-state index is 0.785. The third-order valence-corrected chi connectivity index (χ3v) is 6.05. The molecule has 134 valence electrons. The first-order chi connectivity index (χ1) is 12.2. The highest BCUT2D eigenvalue weighted by Gasteiger charge is 2.19. The van der Waals surface area contributed by atoms with Gasteiger partial charge in [-0.05, 0) is 59.3 Å². The van der Waals surface area contributed by atoms with Gasteiger partial charge in [0.1, 0.15) is 0 Å². The molecular weight excluding hydrogens is 300 g/mol. The standard InChI is InChI=1S/C25H34/c1-4-5-20(3)18-21-8-12-23(13-9-21)25-16-14-24(15-17-25)22-10-6-19(2)7-11-22/h8-9,12-17,19-20,22H,4-7,10-11,18H2,1-3H3. The zero-order valence-corrected chi connectivity index (χ0v) is 16.3. The minimum atomic E-state index is 0.785. The van der Waals surface area contributed by atoms with Crippen molar-refractivity contribution in [3.8, 4) is 11.1 Å². The first-order valence-corrected chi connectivity index (χ1v) is 10.3. The van der Waals surface area contributed by atoms with Crippen LogP contribution in [0.5, 0.6) is 0 Å². The lowest BCUT2D eigenvalue weighted by Gasteiger charge is -2.26. The molecule has 1 unspecified atom stereocenters. The van der Waals surface area contributed by atoms with Crippen LogP contribution in [0.2, 0.25) is 0 Å². The van der Waals surface area contributed by atoms with Gasteiger partial charge in [-0.3, -0.25) is 0 Å². The van der Waals surface area contributed by atoms with E-state index in [-0.39, 0.29) is 0 Å². The summed E-state index contributed by atoms with van der Waals surface area (Å²) in [6.07, 6.45) is 9.33. The second kappa shape index (κ2) is 8.70. The van der Waals surface area contributed by atoms with Crippen molar-refractivity contribution in [3.05, 3.63) is 59.7 Å². The maximum Gasteiger partial charge on any atom is -0.0162 e. The summed E-state index contributed by atoms with van der Waals surface area (Å²) >= 11 is 0. The quantitative estimate of drug-likeness (QED) is 0.509. The normalized spacial score (nSPS) is 21.9. The van der Waals surface area contributed by atoms with Crippen molar-refractivity contribution >= 4 is 0 Å². The van der Waals surface area contributed by atoms with Crippen LogP contribution in [0.1, 0.15) is 76.3 Å².